The number of benzene rings is 1. The number of carbonyl (C=O) groups excluding carboxylic acids is 3. The average Bonchev–Trinajstić information content (AvgIpc) is 3.34. The van der Waals surface area contributed by atoms with Gasteiger partial charge in [0.1, 0.15) is 5.00 Å². The van der Waals surface area contributed by atoms with E-state index in [1.54, 1.807) is 13.8 Å². The number of anilines is 1. The molecule has 0 radical (unpaired) electrons. The molecule has 2 amide bonds. The molecule has 1 heterocycles. The molecule has 1 aliphatic carbocycles. The molecule has 0 aliphatic heterocycles. The summed E-state index contributed by atoms with van der Waals surface area (Å²) < 4.78 is 5.05. The molecule has 2 atom stereocenters. The molecule has 1 fully saturated rings. The van der Waals surface area contributed by atoms with E-state index in [2.05, 4.69) is 5.32 Å². The topological polar surface area (TPSA) is 98.5 Å². The Morgan fingerprint density at radius 1 is 1.27 bits per heavy atom. The third kappa shape index (κ3) is 3.48. The number of primary amides is 1. The standard InChI is InChI=1S/C19H20N2O4S/c1-3-25-19(24)14-10(2)15(16(20)22)26-18(14)21-17(23)13-9-12(13)11-7-5-4-6-8-11/h4-8,12-13H,3,9H2,1-2H3,(H2,20,22)(H,21,23)/t12-,13+/m0/s1. The van der Waals surface area contributed by atoms with Crippen LogP contribution in [0.5, 0.6) is 0 Å². The van der Waals surface area contributed by atoms with Gasteiger partial charge in [-0.15, -0.1) is 11.3 Å². The zero-order valence-corrected chi connectivity index (χ0v) is 15.4. The van der Waals surface area contributed by atoms with Crippen molar-refractivity contribution in [1.29, 1.82) is 0 Å². The minimum absolute atomic E-state index is 0.146. The number of nitrogens with one attached hydrogen (secondary N) is 1. The monoisotopic (exact) mass is 372 g/mol. The number of carbonyl (C=O) groups is 3. The molecule has 0 unspecified atom stereocenters. The van der Waals surface area contributed by atoms with Crippen LogP contribution in [0.1, 0.15) is 50.4 Å². The molecule has 7 heteroatoms. The lowest BCUT2D eigenvalue weighted by atomic mass is 10.1. The number of nitrogens with two attached hydrogens (primary N) is 1. The second kappa shape index (κ2) is 7.29. The predicted octanol–water partition coefficient (Wildman–Crippen LogP) is 3.07. The maximum Gasteiger partial charge on any atom is 0.341 e. The average molecular weight is 372 g/mol. The molecule has 3 rings (SSSR count). The molecule has 0 saturated heterocycles. The quantitative estimate of drug-likeness (QED) is 0.761. The SMILES string of the molecule is CCOC(=O)c1c(NC(=O)[C@@H]2C[C@H]2c2ccccc2)sc(C(N)=O)c1C. The summed E-state index contributed by atoms with van der Waals surface area (Å²) in [4.78, 5) is 36.7. The van der Waals surface area contributed by atoms with Gasteiger partial charge in [0.2, 0.25) is 5.91 Å². The van der Waals surface area contributed by atoms with Crippen molar-refractivity contribution >= 4 is 34.1 Å². The van der Waals surface area contributed by atoms with Crippen molar-refractivity contribution in [3.63, 3.8) is 0 Å². The number of thiophene rings is 1. The predicted molar refractivity (Wildman–Crippen MR) is 99.5 cm³/mol. The van der Waals surface area contributed by atoms with E-state index in [1.807, 2.05) is 30.3 Å². The first-order valence-electron chi connectivity index (χ1n) is 8.40. The second-order valence-electron chi connectivity index (χ2n) is 6.19. The van der Waals surface area contributed by atoms with Gasteiger partial charge in [-0.05, 0) is 37.3 Å². The van der Waals surface area contributed by atoms with Gasteiger partial charge in [0.25, 0.3) is 5.91 Å². The Morgan fingerprint density at radius 2 is 1.96 bits per heavy atom. The summed E-state index contributed by atoms with van der Waals surface area (Å²) in [7, 11) is 0. The molecule has 0 spiro atoms. The zero-order chi connectivity index (χ0) is 18.8. The van der Waals surface area contributed by atoms with Gasteiger partial charge < -0.3 is 15.8 Å². The largest absolute Gasteiger partial charge is 0.462 e. The maximum absolute atomic E-state index is 12.6. The van der Waals surface area contributed by atoms with Crippen LogP contribution < -0.4 is 11.1 Å². The van der Waals surface area contributed by atoms with Crippen molar-refractivity contribution in [3.05, 3.63) is 51.9 Å². The Balaban J connectivity index is 1.81. The molecule has 1 aromatic heterocycles. The van der Waals surface area contributed by atoms with Gasteiger partial charge in [0, 0.05) is 5.92 Å². The molecule has 1 saturated carbocycles. The maximum atomic E-state index is 12.6. The van der Waals surface area contributed by atoms with E-state index in [0.29, 0.717) is 10.6 Å². The van der Waals surface area contributed by atoms with E-state index in [9.17, 15) is 14.4 Å². The molecule has 136 valence electrons. The Morgan fingerprint density at radius 3 is 2.58 bits per heavy atom. The number of rotatable bonds is 6. The minimum Gasteiger partial charge on any atom is -0.462 e. The Bertz CT molecular complexity index is 860. The van der Waals surface area contributed by atoms with Crippen LogP contribution in [-0.4, -0.2) is 24.4 Å². The summed E-state index contributed by atoms with van der Waals surface area (Å²) in [5.41, 5.74) is 7.14. The molecule has 1 aromatic carbocycles. The highest BCUT2D eigenvalue weighted by Crippen LogP contribution is 2.48. The van der Waals surface area contributed by atoms with Gasteiger partial charge in [-0.1, -0.05) is 30.3 Å². The molecule has 6 nitrogen and oxygen atoms in total. The van der Waals surface area contributed by atoms with E-state index in [-0.39, 0.29) is 34.8 Å². The number of ether oxygens (including phenoxy) is 1. The highest BCUT2D eigenvalue weighted by Gasteiger charge is 2.44. The van der Waals surface area contributed by atoms with Crippen LogP contribution >= 0.6 is 11.3 Å². The first kappa shape index (κ1) is 18.1. The summed E-state index contributed by atoms with van der Waals surface area (Å²) in [6.07, 6.45) is 0.762. The summed E-state index contributed by atoms with van der Waals surface area (Å²) in [6.45, 7) is 3.52. The first-order valence-corrected chi connectivity index (χ1v) is 9.21. The lowest BCUT2D eigenvalue weighted by Crippen LogP contribution is -2.17. The second-order valence-corrected chi connectivity index (χ2v) is 7.21. The van der Waals surface area contributed by atoms with Crippen LogP contribution in [0.2, 0.25) is 0 Å². The smallest absolute Gasteiger partial charge is 0.341 e. The van der Waals surface area contributed by atoms with Crippen LogP contribution in [0.3, 0.4) is 0 Å². The molecule has 3 N–H and O–H groups in total. The number of amides is 2. The van der Waals surface area contributed by atoms with Crippen molar-refractivity contribution in [2.75, 3.05) is 11.9 Å². The molecular formula is C19H20N2O4S. The third-order valence-electron chi connectivity index (χ3n) is 4.44. The lowest BCUT2D eigenvalue weighted by Gasteiger charge is -2.07. The van der Waals surface area contributed by atoms with Crippen molar-refractivity contribution in [2.24, 2.45) is 11.7 Å². The van der Waals surface area contributed by atoms with Crippen LogP contribution in [0, 0.1) is 12.8 Å². The van der Waals surface area contributed by atoms with Crippen LogP contribution in [0.25, 0.3) is 0 Å². The minimum atomic E-state index is -0.632. The molecular weight excluding hydrogens is 352 g/mol. The highest BCUT2D eigenvalue weighted by atomic mass is 32.1. The fourth-order valence-corrected chi connectivity index (χ4v) is 4.09. The fraction of sp³-hybridized carbons (Fsp3) is 0.316. The van der Waals surface area contributed by atoms with Gasteiger partial charge >= 0.3 is 5.97 Å². The highest BCUT2D eigenvalue weighted by molar-refractivity contribution is 7.18. The molecule has 2 aromatic rings. The summed E-state index contributed by atoms with van der Waals surface area (Å²) in [5.74, 6) is -1.33. The van der Waals surface area contributed by atoms with Crippen molar-refractivity contribution in [3.8, 4) is 0 Å². The van der Waals surface area contributed by atoms with Crippen molar-refractivity contribution < 1.29 is 19.1 Å². The Hall–Kier alpha value is -2.67. The van der Waals surface area contributed by atoms with Gasteiger partial charge in [-0.2, -0.15) is 0 Å². The Labute approximate surface area is 155 Å². The normalized spacial score (nSPS) is 18.2. The summed E-state index contributed by atoms with van der Waals surface area (Å²) in [6, 6.07) is 9.84. The van der Waals surface area contributed by atoms with Gasteiger partial charge in [-0.3, -0.25) is 9.59 Å². The van der Waals surface area contributed by atoms with Gasteiger partial charge in [-0.25, -0.2) is 4.79 Å². The van der Waals surface area contributed by atoms with Crippen LogP contribution in [-0.2, 0) is 9.53 Å². The van der Waals surface area contributed by atoms with E-state index >= 15 is 0 Å². The number of hydrogen-bond donors (Lipinski definition) is 2. The van der Waals surface area contributed by atoms with Crippen LogP contribution in [0.4, 0.5) is 5.00 Å². The third-order valence-corrected chi connectivity index (χ3v) is 5.66. The fourth-order valence-electron chi connectivity index (χ4n) is 3.04. The van der Waals surface area contributed by atoms with Crippen molar-refractivity contribution in [1.82, 2.24) is 0 Å². The number of esters is 1. The van der Waals surface area contributed by atoms with Crippen LogP contribution in [0.15, 0.2) is 30.3 Å². The van der Waals surface area contributed by atoms with Gasteiger partial charge in [0.15, 0.2) is 0 Å². The zero-order valence-electron chi connectivity index (χ0n) is 14.6. The van der Waals surface area contributed by atoms with E-state index < -0.39 is 11.9 Å². The molecule has 26 heavy (non-hydrogen) atoms. The summed E-state index contributed by atoms with van der Waals surface area (Å²) in [5, 5.41) is 3.12. The first-order chi connectivity index (χ1) is 12.4. The Kier molecular flexibility index (Phi) is 5.08. The summed E-state index contributed by atoms with van der Waals surface area (Å²) >= 11 is 1.01. The molecule has 0 bridgehead atoms. The number of hydrogen-bond acceptors (Lipinski definition) is 5. The van der Waals surface area contributed by atoms with E-state index in [1.165, 1.54) is 0 Å². The van der Waals surface area contributed by atoms with Gasteiger partial charge in [0.05, 0.1) is 17.0 Å². The molecule has 1 aliphatic rings. The lowest BCUT2D eigenvalue weighted by molar-refractivity contribution is -0.117. The van der Waals surface area contributed by atoms with E-state index in [4.69, 9.17) is 10.5 Å². The van der Waals surface area contributed by atoms with E-state index in [0.717, 1.165) is 23.3 Å². The van der Waals surface area contributed by atoms with Crippen molar-refractivity contribution in [2.45, 2.75) is 26.2 Å².